The SMILES string of the molecule is CC(c1ccc(F)c(F)c1)n1cccc(C(=O)NCC#Cc2ccc3nccc(OC[C@H]4CCN(C)C4)c3c2)c1=O. The van der Waals surface area contributed by atoms with E-state index in [0.29, 0.717) is 18.1 Å². The number of nitrogens with zero attached hydrogens (tertiary/aromatic N) is 3. The average molecular weight is 557 g/mol. The molecule has 1 saturated heterocycles. The molecule has 0 aliphatic carbocycles. The Morgan fingerprint density at radius 2 is 2.02 bits per heavy atom. The molecule has 0 radical (unpaired) electrons. The lowest BCUT2D eigenvalue weighted by Gasteiger charge is -2.16. The lowest BCUT2D eigenvalue weighted by Crippen LogP contribution is -2.34. The number of benzene rings is 2. The first-order chi connectivity index (χ1) is 19.8. The summed E-state index contributed by atoms with van der Waals surface area (Å²) in [5.41, 5.74) is 1.33. The molecule has 1 amide bonds. The van der Waals surface area contributed by atoms with Gasteiger partial charge in [0.1, 0.15) is 11.3 Å². The molecule has 41 heavy (non-hydrogen) atoms. The minimum atomic E-state index is -1.00. The van der Waals surface area contributed by atoms with Gasteiger partial charge in [-0.1, -0.05) is 17.9 Å². The lowest BCUT2D eigenvalue weighted by molar-refractivity contribution is 0.0956. The van der Waals surface area contributed by atoms with E-state index in [9.17, 15) is 18.4 Å². The quantitative estimate of drug-likeness (QED) is 0.342. The molecule has 1 fully saturated rings. The van der Waals surface area contributed by atoms with Crippen LogP contribution in [0, 0.1) is 29.4 Å². The number of carbonyl (C=O) groups excluding carboxylic acids is 1. The van der Waals surface area contributed by atoms with E-state index in [2.05, 4.69) is 34.1 Å². The second kappa shape index (κ2) is 12.3. The molecule has 5 rings (SSSR count). The fourth-order valence-electron chi connectivity index (χ4n) is 4.98. The van der Waals surface area contributed by atoms with Crippen LogP contribution in [0.3, 0.4) is 0 Å². The van der Waals surface area contributed by atoms with Crippen LogP contribution in [0.2, 0.25) is 0 Å². The topological polar surface area (TPSA) is 76.5 Å². The molecule has 2 aromatic heterocycles. The molecular weight excluding hydrogens is 526 g/mol. The molecule has 9 heteroatoms. The summed E-state index contributed by atoms with van der Waals surface area (Å²) in [4.78, 5) is 32.5. The van der Waals surface area contributed by atoms with Crippen LogP contribution in [-0.4, -0.2) is 53.6 Å². The van der Waals surface area contributed by atoms with E-state index in [1.165, 1.54) is 22.9 Å². The zero-order chi connectivity index (χ0) is 28.9. The molecule has 3 heterocycles. The fraction of sp³-hybridized carbons (Fsp3) is 0.281. The van der Waals surface area contributed by atoms with Gasteiger partial charge in [0.05, 0.1) is 24.7 Å². The van der Waals surface area contributed by atoms with E-state index in [0.717, 1.165) is 53.9 Å². The maximum Gasteiger partial charge on any atom is 0.263 e. The zero-order valence-corrected chi connectivity index (χ0v) is 22.9. The Morgan fingerprint density at radius 3 is 2.80 bits per heavy atom. The average Bonchev–Trinajstić information content (AvgIpc) is 3.40. The third kappa shape index (κ3) is 6.44. The van der Waals surface area contributed by atoms with Gasteiger partial charge in [-0.15, -0.1) is 0 Å². The van der Waals surface area contributed by atoms with Crippen molar-refractivity contribution >= 4 is 16.8 Å². The molecule has 2 atom stereocenters. The Kier molecular flexibility index (Phi) is 8.41. The molecule has 2 aromatic carbocycles. The van der Waals surface area contributed by atoms with Crippen molar-refractivity contribution in [1.82, 2.24) is 19.8 Å². The summed E-state index contributed by atoms with van der Waals surface area (Å²) in [6.07, 6.45) is 4.35. The van der Waals surface area contributed by atoms with Crippen LogP contribution in [0.1, 0.15) is 40.9 Å². The van der Waals surface area contributed by atoms with Crippen LogP contribution in [0.25, 0.3) is 10.9 Å². The zero-order valence-electron chi connectivity index (χ0n) is 22.9. The Morgan fingerprint density at radius 1 is 1.17 bits per heavy atom. The summed E-state index contributed by atoms with van der Waals surface area (Å²) >= 11 is 0. The Balaban J connectivity index is 1.25. The number of halogens is 2. The first-order valence-corrected chi connectivity index (χ1v) is 13.4. The van der Waals surface area contributed by atoms with Crippen LogP contribution >= 0.6 is 0 Å². The van der Waals surface area contributed by atoms with Gasteiger partial charge in [0.2, 0.25) is 0 Å². The van der Waals surface area contributed by atoms with E-state index in [1.807, 2.05) is 24.3 Å². The predicted molar refractivity (Wildman–Crippen MR) is 153 cm³/mol. The number of hydrogen-bond donors (Lipinski definition) is 1. The predicted octanol–water partition coefficient (Wildman–Crippen LogP) is 4.40. The summed E-state index contributed by atoms with van der Waals surface area (Å²) in [7, 11) is 2.12. The second-order valence-electron chi connectivity index (χ2n) is 10.2. The number of nitrogens with one attached hydrogen (secondary N) is 1. The number of rotatable bonds is 7. The number of ether oxygens (including phenoxy) is 1. The number of hydrogen-bond acceptors (Lipinski definition) is 5. The Labute approximate surface area is 236 Å². The standard InChI is InChI=1S/C32H30F2N4O3/c1-21(24-8-9-27(33)28(34)18-24)38-15-4-6-25(32(38)40)31(39)36-13-3-5-22-7-10-29-26(17-22)30(11-14-35-29)41-20-23-12-16-37(2)19-23/h4,6-11,14-15,17-18,21,23H,12-13,16,19-20H2,1-2H3,(H,36,39)/t21?,23-/m0/s1. The van der Waals surface area contributed by atoms with Gasteiger partial charge in [-0.05, 0) is 81.0 Å². The number of amides is 1. The molecule has 1 unspecified atom stereocenters. The number of carbonyl (C=O) groups is 1. The molecule has 0 saturated carbocycles. The summed E-state index contributed by atoms with van der Waals surface area (Å²) in [5, 5.41) is 3.53. The van der Waals surface area contributed by atoms with Gasteiger partial charge in [0, 0.05) is 35.8 Å². The van der Waals surface area contributed by atoms with Crippen molar-refractivity contribution < 1.29 is 18.3 Å². The van der Waals surface area contributed by atoms with Gasteiger partial charge in [0.15, 0.2) is 11.6 Å². The van der Waals surface area contributed by atoms with Crippen LogP contribution in [-0.2, 0) is 0 Å². The van der Waals surface area contributed by atoms with Crippen molar-refractivity contribution in [2.75, 3.05) is 33.3 Å². The van der Waals surface area contributed by atoms with E-state index in [1.54, 1.807) is 19.2 Å². The molecule has 1 aliphatic heterocycles. The highest BCUT2D eigenvalue weighted by Crippen LogP contribution is 2.26. The Bertz CT molecular complexity index is 1710. The van der Waals surface area contributed by atoms with Gasteiger partial charge < -0.3 is 19.5 Å². The van der Waals surface area contributed by atoms with E-state index in [4.69, 9.17) is 4.74 Å². The fourth-order valence-corrected chi connectivity index (χ4v) is 4.98. The summed E-state index contributed by atoms with van der Waals surface area (Å²) in [6.45, 7) is 4.44. The first kappa shape index (κ1) is 28.0. The lowest BCUT2D eigenvalue weighted by atomic mass is 10.1. The van der Waals surface area contributed by atoms with Crippen LogP contribution in [0.5, 0.6) is 5.75 Å². The number of aromatic nitrogens is 2. The minimum absolute atomic E-state index is 0.0233. The molecule has 210 valence electrons. The van der Waals surface area contributed by atoms with Crippen molar-refractivity contribution in [3.8, 4) is 17.6 Å². The summed E-state index contributed by atoms with van der Waals surface area (Å²) in [5.74, 6) is 4.69. The largest absolute Gasteiger partial charge is 0.492 e. The highest BCUT2D eigenvalue weighted by atomic mass is 19.2. The van der Waals surface area contributed by atoms with Crippen LogP contribution < -0.4 is 15.6 Å². The smallest absolute Gasteiger partial charge is 0.263 e. The maximum atomic E-state index is 13.7. The van der Waals surface area contributed by atoms with Gasteiger partial charge in [-0.3, -0.25) is 14.6 Å². The highest BCUT2D eigenvalue weighted by Gasteiger charge is 2.20. The van der Waals surface area contributed by atoms with Gasteiger partial charge >= 0.3 is 0 Å². The molecule has 0 bridgehead atoms. The van der Waals surface area contributed by atoms with Gasteiger partial charge in [0.25, 0.3) is 11.5 Å². The highest BCUT2D eigenvalue weighted by molar-refractivity contribution is 5.94. The third-order valence-electron chi connectivity index (χ3n) is 7.30. The van der Waals surface area contributed by atoms with E-state index < -0.39 is 29.1 Å². The molecule has 0 spiro atoms. The van der Waals surface area contributed by atoms with Crippen LogP contribution in [0.15, 0.2) is 71.8 Å². The number of fused-ring (bicyclic) bond motifs is 1. The normalized spacial score (nSPS) is 15.8. The summed E-state index contributed by atoms with van der Waals surface area (Å²) < 4.78 is 34.5. The molecule has 1 aliphatic rings. The maximum absolute atomic E-state index is 13.7. The van der Waals surface area contributed by atoms with Crippen molar-refractivity contribution in [1.29, 1.82) is 0 Å². The van der Waals surface area contributed by atoms with Crippen molar-refractivity contribution in [2.45, 2.75) is 19.4 Å². The molecule has 4 aromatic rings. The third-order valence-corrected chi connectivity index (χ3v) is 7.30. The van der Waals surface area contributed by atoms with Crippen LogP contribution in [0.4, 0.5) is 8.78 Å². The molecule has 7 nitrogen and oxygen atoms in total. The Hall–Kier alpha value is -4.55. The minimum Gasteiger partial charge on any atom is -0.492 e. The van der Waals surface area contributed by atoms with Gasteiger partial charge in [-0.25, -0.2) is 8.78 Å². The van der Waals surface area contributed by atoms with E-state index in [-0.39, 0.29) is 12.1 Å². The monoisotopic (exact) mass is 556 g/mol. The van der Waals surface area contributed by atoms with Gasteiger partial charge in [-0.2, -0.15) is 0 Å². The summed E-state index contributed by atoms with van der Waals surface area (Å²) in [6, 6.07) is 13.3. The van der Waals surface area contributed by atoms with Crippen molar-refractivity contribution in [3.05, 3.63) is 106 Å². The van der Waals surface area contributed by atoms with Crippen molar-refractivity contribution in [2.24, 2.45) is 5.92 Å². The molecular formula is C32H30F2N4O3. The number of pyridine rings is 2. The number of likely N-dealkylation sites (tertiary alicyclic amines) is 1. The van der Waals surface area contributed by atoms with E-state index >= 15 is 0 Å². The first-order valence-electron chi connectivity index (χ1n) is 13.4. The van der Waals surface area contributed by atoms with Crippen molar-refractivity contribution in [3.63, 3.8) is 0 Å². The second-order valence-corrected chi connectivity index (χ2v) is 10.2. The molecule has 1 N–H and O–H groups in total.